The van der Waals surface area contributed by atoms with Crippen LogP contribution in [0.4, 0.5) is 0 Å². The van der Waals surface area contributed by atoms with E-state index in [0.717, 1.165) is 32.7 Å². The number of ether oxygens (including phenoxy) is 1. The van der Waals surface area contributed by atoms with Gasteiger partial charge in [0.05, 0.1) is 17.3 Å². The second kappa shape index (κ2) is 6.74. The van der Waals surface area contributed by atoms with Crippen LogP contribution in [0.3, 0.4) is 0 Å². The van der Waals surface area contributed by atoms with Crippen LogP contribution in [0.15, 0.2) is 38.3 Å². The van der Waals surface area contributed by atoms with Crippen molar-refractivity contribution in [2.24, 2.45) is 4.40 Å². The lowest BCUT2D eigenvalue weighted by molar-refractivity contribution is -0.141. The van der Waals surface area contributed by atoms with E-state index in [0.29, 0.717) is 0 Å². The summed E-state index contributed by atoms with van der Waals surface area (Å²) in [7, 11) is -2.52. The number of carbonyl (C=O) groups is 1. The first-order valence-corrected chi connectivity index (χ1v) is 10.5. The molecular formula is C16H16N2O4S3. The van der Waals surface area contributed by atoms with Gasteiger partial charge in [-0.05, 0) is 48.6 Å². The normalized spacial score (nSPS) is 12.7. The lowest BCUT2D eigenvalue weighted by Crippen LogP contribution is -2.22. The molecule has 3 aromatic rings. The third-order valence-electron chi connectivity index (χ3n) is 3.76. The molecule has 2 heterocycles. The molecule has 0 spiro atoms. The van der Waals surface area contributed by atoms with Gasteiger partial charge in [-0.3, -0.25) is 4.79 Å². The quantitative estimate of drug-likeness (QED) is 0.636. The maximum atomic E-state index is 12.5. The maximum Gasteiger partial charge on any atom is 0.325 e. The molecular weight excluding hydrogens is 380 g/mol. The van der Waals surface area contributed by atoms with E-state index in [1.807, 2.05) is 26.0 Å². The van der Waals surface area contributed by atoms with Crippen molar-refractivity contribution in [3.8, 4) is 0 Å². The number of nitrogens with zero attached hydrogens (tertiary/aromatic N) is 2. The molecule has 0 unspecified atom stereocenters. The van der Waals surface area contributed by atoms with Crippen molar-refractivity contribution in [1.82, 2.24) is 4.57 Å². The number of benzene rings is 1. The number of thiophene rings is 1. The van der Waals surface area contributed by atoms with E-state index in [1.165, 1.54) is 24.5 Å². The summed E-state index contributed by atoms with van der Waals surface area (Å²) in [6.07, 6.45) is 0. The predicted octanol–water partition coefficient (Wildman–Crippen LogP) is 2.84. The summed E-state index contributed by atoms with van der Waals surface area (Å²) in [5.41, 5.74) is 2.90. The SMILES string of the molecule is COC(=O)Cn1/c(=N/S(=O)(=O)c2cccs2)sc2cc(C)c(C)cc21. The highest BCUT2D eigenvalue weighted by atomic mass is 32.2. The molecule has 0 radical (unpaired) electrons. The molecule has 9 heteroatoms. The monoisotopic (exact) mass is 396 g/mol. The number of fused-ring (bicyclic) bond motifs is 1. The molecule has 0 aliphatic carbocycles. The largest absolute Gasteiger partial charge is 0.468 e. The second-order valence-electron chi connectivity index (χ2n) is 5.45. The first-order chi connectivity index (χ1) is 11.8. The number of thiazole rings is 1. The Morgan fingerprint density at radius 1 is 1.28 bits per heavy atom. The van der Waals surface area contributed by atoms with Crippen molar-refractivity contribution in [2.45, 2.75) is 24.6 Å². The van der Waals surface area contributed by atoms with Crippen LogP contribution < -0.4 is 4.80 Å². The summed E-state index contributed by atoms with van der Waals surface area (Å²) >= 11 is 2.34. The van der Waals surface area contributed by atoms with Gasteiger partial charge in [0.2, 0.25) is 4.80 Å². The Bertz CT molecular complexity index is 1110. The molecule has 0 saturated carbocycles. The lowest BCUT2D eigenvalue weighted by atomic mass is 10.1. The fourth-order valence-corrected chi connectivity index (χ4v) is 5.58. The van der Waals surface area contributed by atoms with E-state index in [9.17, 15) is 13.2 Å². The van der Waals surface area contributed by atoms with E-state index >= 15 is 0 Å². The Kier molecular flexibility index (Phi) is 4.81. The molecule has 25 heavy (non-hydrogen) atoms. The van der Waals surface area contributed by atoms with E-state index in [4.69, 9.17) is 4.74 Å². The van der Waals surface area contributed by atoms with Crippen molar-refractivity contribution in [2.75, 3.05) is 7.11 Å². The fourth-order valence-electron chi connectivity index (χ4n) is 2.30. The molecule has 0 bridgehead atoms. The van der Waals surface area contributed by atoms with Gasteiger partial charge in [0.1, 0.15) is 10.8 Å². The van der Waals surface area contributed by atoms with Gasteiger partial charge in [-0.2, -0.15) is 8.42 Å². The summed E-state index contributed by atoms with van der Waals surface area (Å²) in [6.45, 7) is 3.85. The molecule has 0 amide bonds. The number of aryl methyl sites for hydroxylation is 2. The molecule has 0 N–H and O–H groups in total. The van der Waals surface area contributed by atoms with Gasteiger partial charge in [0.25, 0.3) is 10.0 Å². The molecule has 0 fully saturated rings. The Morgan fingerprint density at radius 3 is 2.64 bits per heavy atom. The fraction of sp³-hybridized carbons (Fsp3) is 0.250. The van der Waals surface area contributed by atoms with Gasteiger partial charge in [-0.1, -0.05) is 17.4 Å². The van der Waals surface area contributed by atoms with Gasteiger partial charge in [-0.15, -0.1) is 15.7 Å². The number of methoxy groups -OCH3 is 1. The number of aromatic nitrogens is 1. The number of carbonyl (C=O) groups excluding carboxylic acids is 1. The number of rotatable bonds is 4. The topological polar surface area (TPSA) is 77.7 Å². The summed E-state index contributed by atoms with van der Waals surface area (Å²) in [4.78, 5) is 12.0. The van der Waals surface area contributed by atoms with Gasteiger partial charge < -0.3 is 9.30 Å². The predicted molar refractivity (Wildman–Crippen MR) is 98.4 cm³/mol. The smallest absolute Gasteiger partial charge is 0.325 e. The van der Waals surface area contributed by atoms with Crippen molar-refractivity contribution < 1.29 is 17.9 Å². The number of hydrogen-bond donors (Lipinski definition) is 0. The minimum Gasteiger partial charge on any atom is -0.468 e. The van der Waals surface area contributed by atoms with Gasteiger partial charge in [-0.25, -0.2) is 0 Å². The molecule has 132 valence electrons. The Morgan fingerprint density at radius 2 is 2.00 bits per heavy atom. The second-order valence-corrected chi connectivity index (χ2v) is 9.24. The van der Waals surface area contributed by atoms with Gasteiger partial charge in [0.15, 0.2) is 0 Å². The van der Waals surface area contributed by atoms with Crippen LogP contribution in [0.2, 0.25) is 0 Å². The Balaban J connectivity index is 2.28. The highest BCUT2D eigenvalue weighted by Gasteiger charge is 2.17. The van der Waals surface area contributed by atoms with Crippen molar-refractivity contribution in [1.29, 1.82) is 0 Å². The summed E-state index contributed by atoms with van der Waals surface area (Å²) in [5, 5.41) is 1.68. The van der Waals surface area contributed by atoms with E-state index in [-0.39, 0.29) is 15.6 Å². The summed E-state index contributed by atoms with van der Waals surface area (Å²) in [6, 6.07) is 7.07. The lowest BCUT2D eigenvalue weighted by Gasteiger charge is -2.05. The third-order valence-corrected chi connectivity index (χ3v) is 7.56. The van der Waals surface area contributed by atoms with Crippen LogP contribution in [0, 0.1) is 13.8 Å². The molecule has 0 aliphatic rings. The van der Waals surface area contributed by atoms with E-state index in [2.05, 4.69) is 4.40 Å². The van der Waals surface area contributed by atoms with Crippen molar-refractivity contribution in [3.63, 3.8) is 0 Å². The number of hydrogen-bond acceptors (Lipinski definition) is 6. The molecule has 3 rings (SSSR count). The zero-order valence-electron chi connectivity index (χ0n) is 13.8. The highest BCUT2D eigenvalue weighted by Crippen LogP contribution is 2.23. The first kappa shape index (κ1) is 17.8. The van der Waals surface area contributed by atoms with E-state index in [1.54, 1.807) is 16.0 Å². The standard InChI is InChI=1S/C16H16N2O4S3/c1-10-7-12-13(8-11(10)2)24-16(18(12)9-14(19)22-3)17-25(20,21)15-5-4-6-23-15/h4-8H,9H2,1-3H3/b17-16-. The molecule has 0 saturated heterocycles. The van der Waals surface area contributed by atoms with Crippen molar-refractivity contribution >= 4 is 48.9 Å². The average Bonchev–Trinajstić information content (AvgIpc) is 3.18. The first-order valence-electron chi connectivity index (χ1n) is 7.34. The maximum absolute atomic E-state index is 12.5. The van der Waals surface area contributed by atoms with Crippen LogP contribution in [-0.2, 0) is 26.1 Å². The molecule has 0 atom stereocenters. The minimum absolute atomic E-state index is 0.0994. The Hall–Kier alpha value is -1.97. The zero-order valence-corrected chi connectivity index (χ0v) is 16.3. The Labute approximate surface area is 153 Å². The minimum atomic E-state index is -3.82. The van der Waals surface area contributed by atoms with E-state index < -0.39 is 16.0 Å². The average molecular weight is 397 g/mol. The van der Waals surface area contributed by atoms with Gasteiger partial charge in [0, 0.05) is 0 Å². The highest BCUT2D eigenvalue weighted by molar-refractivity contribution is 7.92. The molecule has 1 aromatic carbocycles. The third kappa shape index (κ3) is 3.53. The van der Waals surface area contributed by atoms with Gasteiger partial charge >= 0.3 is 5.97 Å². The van der Waals surface area contributed by atoms with Crippen LogP contribution >= 0.6 is 22.7 Å². The van der Waals surface area contributed by atoms with Crippen molar-refractivity contribution in [3.05, 3.63) is 45.6 Å². The summed E-state index contributed by atoms with van der Waals surface area (Å²) in [5.74, 6) is -0.465. The van der Waals surface area contributed by atoms with Crippen LogP contribution in [0.5, 0.6) is 0 Å². The number of sulfonamides is 1. The molecule has 2 aromatic heterocycles. The zero-order chi connectivity index (χ0) is 18.2. The number of esters is 1. The summed E-state index contributed by atoms with van der Waals surface area (Å²) < 4.78 is 36.3. The van der Waals surface area contributed by atoms with Crippen LogP contribution in [0.1, 0.15) is 11.1 Å². The molecule has 6 nitrogen and oxygen atoms in total. The van der Waals surface area contributed by atoms with Crippen LogP contribution in [-0.4, -0.2) is 26.1 Å². The van der Waals surface area contributed by atoms with Crippen LogP contribution in [0.25, 0.3) is 10.2 Å². The molecule has 0 aliphatic heterocycles.